The van der Waals surface area contributed by atoms with Gasteiger partial charge in [0.2, 0.25) is 0 Å². The van der Waals surface area contributed by atoms with E-state index in [2.05, 4.69) is 21.3 Å². The van der Waals surface area contributed by atoms with Crippen LogP contribution in [0, 0.1) is 12.3 Å². The maximum Gasteiger partial charge on any atom is 0.325 e. The summed E-state index contributed by atoms with van der Waals surface area (Å²) in [5.41, 5.74) is 0.346. The van der Waals surface area contributed by atoms with Crippen molar-refractivity contribution in [3.8, 4) is 18.1 Å². The second-order valence-corrected chi connectivity index (χ2v) is 4.06. The second kappa shape index (κ2) is 9.02. The predicted octanol–water partition coefficient (Wildman–Crippen LogP) is -0.282. The third-order valence-electron chi connectivity index (χ3n) is 2.48. The first-order chi connectivity index (χ1) is 10.6. The van der Waals surface area contributed by atoms with Crippen LogP contribution in [0.2, 0.25) is 0 Å². The maximum atomic E-state index is 11.8. The molecule has 22 heavy (non-hydrogen) atoms. The number of hydrogen-bond donors (Lipinski definition) is 2. The normalized spacial score (nSPS) is 9.27. The molecule has 0 aliphatic rings. The van der Waals surface area contributed by atoms with Crippen molar-refractivity contribution in [2.45, 2.75) is 0 Å². The molecule has 0 aliphatic carbocycles. The van der Waals surface area contributed by atoms with Crippen molar-refractivity contribution < 1.29 is 23.9 Å². The molecule has 0 bridgehead atoms. The van der Waals surface area contributed by atoms with Crippen LogP contribution in [0.25, 0.3) is 0 Å². The lowest BCUT2D eigenvalue weighted by atomic mass is 10.2. The van der Waals surface area contributed by atoms with Crippen molar-refractivity contribution in [3.05, 3.63) is 29.8 Å². The number of carbonyl (C=O) groups excluding carboxylic acids is 3. The molecule has 116 valence electrons. The van der Waals surface area contributed by atoms with Crippen molar-refractivity contribution >= 4 is 17.8 Å². The van der Waals surface area contributed by atoms with Crippen LogP contribution in [0.1, 0.15) is 10.4 Å². The molecular formula is C15H16N2O5. The van der Waals surface area contributed by atoms with E-state index in [0.717, 1.165) is 0 Å². The minimum absolute atomic E-state index is 0.0585. The van der Waals surface area contributed by atoms with Gasteiger partial charge in [0.25, 0.3) is 11.8 Å². The van der Waals surface area contributed by atoms with Gasteiger partial charge in [-0.1, -0.05) is 12.0 Å². The van der Waals surface area contributed by atoms with E-state index in [1.54, 1.807) is 18.2 Å². The number of methoxy groups -OCH3 is 1. The fourth-order valence-electron chi connectivity index (χ4n) is 1.42. The number of amides is 2. The summed E-state index contributed by atoms with van der Waals surface area (Å²) in [5.74, 6) is 1.05. The van der Waals surface area contributed by atoms with Crippen LogP contribution < -0.4 is 15.4 Å². The Kier molecular flexibility index (Phi) is 6.99. The summed E-state index contributed by atoms with van der Waals surface area (Å²) in [7, 11) is 1.49. The number of benzene rings is 1. The van der Waals surface area contributed by atoms with Gasteiger partial charge < -0.3 is 20.1 Å². The van der Waals surface area contributed by atoms with Gasteiger partial charge in [-0.05, 0) is 18.2 Å². The lowest BCUT2D eigenvalue weighted by Crippen LogP contribution is -2.34. The van der Waals surface area contributed by atoms with Gasteiger partial charge in [-0.2, -0.15) is 0 Å². The number of hydrogen-bond acceptors (Lipinski definition) is 5. The molecule has 0 saturated carbocycles. The van der Waals surface area contributed by atoms with Gasteiger partial charge >= 0.3 is 5.97 Å². The molecule has 0 fully saturated rings. The minimum Gasteiger partial charge on any atom is -0.497 e. The minimum atomic E-state index is -0.730. The highest BCUT2D eigenvalue weighted by Gasteiger charge is 2.11. The van der Waals surface area contributed by atoms with Crippen molar-refractivity contribution in [1.82, 2.24) is 10.6 Å². The summed E-state index contributed by atoms with van der Waals surface area (Å²) in [6.45, 7) is -0.739. The van der Waals surface area contributed by atoms with Crippen LogP contribution in [-0.4, -0.2) is 44.6 Å². The number of rotatable bonds is 7. The lowest BCUT2D eigenvalue weighted by molar-refractivity contribution is -0.147. The van der Waals surface area contributed by atoms with Crippen LogP contribution in [0.15, 0.2) is 24.3 Å². The average molecular weight is 304 g/mol. The Morgan fingerprint density at radius 3 is 2.73 bits per heavy atom. The van der Waals surface area contributed by atoms with Crippen LogP contribution >= 0.6 is 0 Å². The van der Waals surface area contributed by atoms with Gasteiger partial charge in [0, 0.05) is 5.56 Å². The zero-order valence-corrected chi connectivity index (χ0v) is 12.0. The summed E-state index contributed by atoms with van der Waals surface area (Å²) in [6.07, 6.45) is 4.96. The Bertz CT molecular complexity index is 592. The lowest BCUT2D eigenvalue weighted by Gasteiger charge is -2.07. The molecule has 0 atom stereocenters. The van der Waals surface area contributed by atoms with Gasteiger partial charge in [0.15, 0.2) is 6.61 Å². The van der Waals surface area contributed by atoms with E-state index in [1.807, 2.05) is 0 Å². The molecule has 0 aromatic heterocycles. The van der Waals surface area contributed by atoms with E-state index in [4.69, 9.17) is 11.2 Å². The van der Waals surface area contributed by atoms with Gasteiger partial charge in [-0.3, -0.25) is 14.4 Å². The molecule has 7 heteroatoms. The Morgan fingerprint density at radius 2 is 2.05 bits per heavy atom. The molecular weight excluding hydrogens is 288 g/mol. The molecule has 1 rings (SSSR count). The van der Waals surface area contributed by atoms with E-state index in [0.29, 0.717) is 11.3 Å². The zero-order chi connectivity index (χ0) is 16.4. The Labute approximate surface area is 128 Å². The van der Waals surface area contributed by atoms with E-state index in [1.165, 1.54) is 13.2 Å². The molecule has 1 aromatic carbocycles. The number of esters is 1. The Hall–Kier alpha value is -3.01. The molecule has 7 nitrogen and oxygen atoms in total. The van der Waals surface area contributed by atoms with Crippen LogP contribution in [-0.2, 0) is 14.3 Å². The fourth-order valence-corrected chi connectivity index (χ4v) is 1.42. The highest BCUT2D eigenvalue weighted by Crippen LogP contribution is 2.12. The molecule has 0 unspecified atom stereocenters. The molecule has 0 heterocycles. The third-order valence-corrected chi connectivity index (χ3v) is 2.48. The zero-order valence-electron chi connectivity index (χ0n) is 12.0. The molecule has 0 aliphatic heterocycles. The van der Waals surface area contributed by atoms with Gasteiger partial charge in [-0.15, -0.1) is 6.42 Å². The van der Waals surface area contributed by atoms with Crippen LogP contribution in [0.4, 0.5) is 0 Å². The van der Waals surface area contributed by atoms with Gasteiger partial charge in [0.1, 0.15) is 12.3 Å². The summed E-state index contributed by atoms with van der Waals surface area (Å²) in [4.78, 5) is 34.4. The first kappa shape index (κ1) is 17.0. The van der Waals surface area contributed by atoms with Gasteiger partial charge in [-0.25, -0.2) is 0 Å². The quantitative estimate of drug-likeness (QED) is 0.534. The Morgan fingerprint density at radius 1 is 1.27 bits per heavy atom. The van der Waals surface area contributed by atoms with Crippen LogP contribution in [0.5, 0.6) is 5.75 Å². The number of ether oxygens (including phenoxy) is 2. The molecule has 1 aromatic rings. The van der Waals surface area contributed by atoms with E-state index >= 15 is 0 Å². The predicted molar refractivity (Wildman–Crippen MR) is 78.1 cm³/mol. The third kappa shape index (κ3) is 5.96. The first-order valence-electron chi connectivity index (χ1n) is 6.35. The first-order valence-corrected chi connectivity index (χ1v) is 6.35. The summed E-state index contributed by atoms with van der Waals surface area (Å²) >= 11 is 0. The molecule has 0 radical (unpaired) electrons. The molecule has 0 spiro atoms. The fraction of sp³-hybridized carbons (Fsp3) is 0.267. The highest BCUT2D eigenvalue weighted by atomic mass is 16.5. The van der Waals surface area contributed by atoms with Crippen molar-refractivity contribution in [2.24, 2.45) is 0 Å². The number of terminal acetylenes is 1. The Balaban J connectivity index is 2.35. The largest absolute Gasteiger partial charge is 0.497 e. The van der Waals surface area contributed by atoms with Crippen LogP contribution in [0.3, 0.4) is 0 Å². The summed E-state index contributed by atoms with van der Waals surface area (Å²) in [5, 5.41) is 4.72. The van der Waals surface area contributed by atoms with Crippen molar-refractivity contribution in [1.29, 1.82) is 0 Å². The van der Waals surface area contributed by atoms with Crippen molar-refractivity contribution in [3.63, 3.8) is 0 Å². The number of carbonyl (C=O) groups is 3. The number of nitrogens with one attached hydrogen (secondary N) is 2. The second-order valence-electron chi connectivity index (χ2n) is 4.06. The highest BCUT2D eigenvalue weighted by molar-refractivity contribution is 5.96. The van der Waals surface area contributed by atoms with E-state index in [9.17, 15) is 14.4 Å². The van der Waals surface area contributed by atoms with E-state index < -0.39 is 24.4 Å². The average Bonchev–Trinajstić information content (AvgIpc) is 2.55. The topological polar surface area (TPSA) is 93.7 Å². The SMILES string of the molecule is C#CCNC(=O)COC(=O)CNC(=O)c1cccc(OC)c1. The maximum absolute atomic E-state index is 11.8. The van der Waals surface area contributed by atoms with Crippen molar-refractivity contribution in [2.75, 3.05) is 26.8 Å². The molecule has 2 amide bonds. The monoisotopic (exact) mass is 304 g/mol. The smallest absolute Gasteiger partial charge is 0.325 e. The van der Waals surface area contributed by atoms with E-state index in [-0.39, 0.29) is 13.1 Å². The summed E-state index contributed by atoms with van der Waals surface area (Å²) < 4.78 is 9.67. The molecule has 0 saturated heterocycles. The summed E-state index contributed by atoms with van der Waals surface area (Å²) in [6, 6.07) is 6.46. The molecule has 2 N–H and O–H groups in total. The standard InChI is InChI=1S/C15H16N2O5/c1-3-7-16-13(18)10-22-14(19)9-17-15(20)11-5-4-6-12(8-11)21-2/h1,4-6,8H,7,9-10H2,2H3,(H,16,18)(H,17,20). The van der Waals surface area contributed by atoms with Gasteiger partial charge in [0.05, 0.1) is 13.7 Å².